The smallest absolute Gasteiger partial charge is 0.163 e. The average Bonchev–Trinajstić information content (AvgIpc) is 2.68. The summed E-state index contributed by atoms with van der Waals surface area (Å²) in [5, 5.41) is 19.1. The summed E-state index contributed by atoms with van der Waals surface area (Å²) in [4.78, 5) is 12.8. The van der Waals surface area contributed by atoms with Gasteiger partial charge < -0.3 is 9.84 Å². The first kappa shape index (κ1) is 21.8. The molecule has 5 heteroatoms. The van der Waals surface area contributed by atoms with E-state index >= 15 is 0 Å². The van der Waals surface area contributed by atoms with Gasteiger partial charge in [0.25, 0.3) is 0 Å². The van der Waals surface area contributed by atoms with Crippen molar-refractivity contribution in [3.05, 3.63) is 53.1 Å². The zero-order valence-corrected chi connectivity index (χ0v) is 17.3. The van der Waals surface area contributed by atoms with Gasteiger partial charge in [0, 0.05) is 10.5 Å². The SMILES string of the molecule is CCCc1c(OCCCCSc2ccc(CC#N)cc2)ccc(C(C)=O)c1O. The number of thioether (sulfide) groups is 1. The predicted octanol–water partition coefficient (Wildman–Crippen LogP) is 5.56. The van der Waals surface area contributed by atoms with Crippen LogP contribution in [0.25, 0.3) is 0 Å². The van der Waals surface area contributed by atoms with Crippen LogP contribution in [-0.2, 0) is 12.8 Å². The molecule has 0 aliphatic heterocycles. The Morgan fingerprint density at radius 1 is 1.18 bits per heavy atom. The number of benzene rings is 2. The molecule has 0 amide bonds. The molecule has 148 valence electrons. The number of ketones is 1. The Labute approximate surface area is 171 Å². The van der Waals surface area contributed by atoms with Gasteiger partial charge in [-0.15, -0.1) is 11.8 Å². The molecule has 2 aromatic rings. The summed E-state index contributed by atoms with van der Waals surface area (Å²) in [6.45, 7) is 4.07. The number of hydrogen-bond donors (Lipinski definition) is 1. The number of carbonyl (C=O) groups is 1. The molecule has 0 saturated carbocycles. The van der Waals surface area contributed by atoms with Crippen molar-refractivity contribution >= 4 is 17.5 Å². The maximum absolute atomic E-state index is 11.6. The summed E-state index contributed by atoms with van der Waals surface area (Å²) in [7, 11) is 0. The van der Waals surface area contributed by atoms with Crippen molar-refractivity contribution in [3.8, 4) is 17.6 Å². The minimum absolute atomic E-state index is 0.0576. The highest BCUT2D eigenvalue weighted by atomic mass is 32.2. The number of carbonyl (C=O) groups excluding carboxylic acids is 1. The van der Waals surface area contributed by atoms with Crippen LogP contribution >= 0.6 is 11.8 Å². The fourth-order valence-electron chi connectivity index (χ4n) is 2.90. The van der Waals surface area contributed by atoms with Crippen LogP contribution in [0.4, 0.5) is 0 Å². The van der Waals surface area contributed by atoms with Crippen LogP contribution in [0.15, 0.2) is 41.3 Å². The van der Waals surface area contributed by atoms with Gasteiger partial charge in [-0.25, -0.2) is 0 Å². The van der Waals surface area contributed by atoms with Gasteiger partial charge in [0.1, 0.15) is 11.5 Å². The van der Waals surface area contributed by atoms with Gasteiger partial charge in [0.05, 0.1) is 24.7 Å². The molecule has 0 heterocycles. The number of rotatable bonds is 11. The Balaban J connectivity index is 1.79. The number of nitriles is 1. The third-order valence-corrected chi connectivity index (χ3v) is 5.49. The Kier molecular flexibility index (Phi) is 8.90. The van der Waals surface area contributed by atoms with Crippen LogP contribution < -0.4 is 4.74 Å². The highest BCUT2D eigenvalue weighted by molar-refractivity contribution is 7.99. The van der Waals surface area contributed by atoms with E-state index in [4.69, 9.17) is 10.00 Å². The Morgan fingerprint density at radius 3 is 2.57 bits per heavy atom. The lowest BCUT2D eigenvalue weighted by Crippen LogP contribution is -2.03. The van der Waals surface area contributed by atoms with E-state index in [1.807, 2.05) is 19.1 Å². The molecule has 0 fully saturated rings. The fourth-order valence-corrected chi connectivity index (χ4v) is 3.81. The summed E-state index contributed by atoms with van der Waals surface area (Å²) in [6, 6.07) is 13.7. The normalized spacial score (nSPS) is 10.5. The Morgan fingerprint density at radius 2 is 1.93 bits per heavy atom. The summed E-state index contributed by atoms with van der Waals surface area (Å²) in [6.07, 6.45) is 3.94. The number of ether oxygens (including phenoxy) is 1. The zero-order valence-electron chi connectivity index (χ0n) is 16.5. The van der Waals surface area contributed by atoms with Crippen molar-refractivity contribution in [3.63, 3.8) is 0 Å². The number of phenols is 1. The van der Waals surface area contributed by atoms with Crippen molar-refractivity contribution in [2.24, 2.45) is 0 Å². The Bertz CT molecular complexity index is 825. The van der Waals surface area contributed by atoms with Crippen LogP contribution in [0.5, 0.6) is 11.5 Å². The maximum atomic E-state index is 11.6. The second kappa shape index (κ2) is 11.4. The zero-order chi connectivity index (χ0) is 20.4. The van der Waals surface area contributed by atoms with E-state index in [9.17, 15) is 9.90 Å². The molecule has 0 saturated heterocycles. The molecule has 28 heavy (non-hydrogen) atoms. The lowest BCUT2D eigenvalue weighted by molar-refractivity contribution is 0.101. The molecule has 2 aromatic carbocycles. The van der Waals surface area contributed by atoms with Crippen molar-refractivity contribution in [2.45, 2.75) is 50.8 Å². The van der Waals surface area contributed by atoms with Gasteiger partial charge in [0.15, 0.2) is 5.78 Å². The summed E-state index contributed by atoms with van der Waals surface area (Å²) < 4.78 is 5.89. The molecule has 2 rings (SSSR count). The highest BCUT2D eigenvalue weighted by Crippen LogP contribution is 2.33. The van der Waals surface area contributed by atoms with E-state index < -0.39 is 0 Å². The summed E-state index contributed by atoms with van der Waals surface area (Å²) >= 11 is 1.80. The van der Waals surface area contributed by atoms with Crippen LogP contribution in [0.3, 0.4) is 0 Å². The fraction of sp³-hybridized carbons (Fsp3) is 0.391. The predicted molar refractivity (Wildman–Crippen MR) is 113 cm³/mol. The average molecular weight is 398 g/mol. The topological polar surface area (TPSA) is 70.3 Å². The third-order valence-electron chi connectivity index (χ3n) is 4.39. The van der Waals surface area contributed by atoms with E-state index in [2.05, 4.69) is 18.2 Å². The highest BCUT2D eigenvalue weighted by Gasteiger charge is 2.15. The van der Waals surface area contributed by atoms with E-state index in [0.29, 0.717) is 30.8 Å². The molecule has 4 nitrogen and oxygen atoms in total. The first-order valence-corrected chi connectivity index (χ1v) is 10.6. The van der Waals surface area contributed by atoms with Crippen LogP contribution in [0, 0.1) is 11.3 Å². The molecule has 1 N–H and O–H groups in total. The summed E-state index contributed by atoms with van der Waals surface area (Å²) in [5.41, 5.74) is 2.12. The monoisotopic (exact) mass is 397 g/mol. The maximum Gasteiger partial charge on any atom is 0.163 e. The van der Waals surface area contributed by atoms with Crippen LogP contribution in [0.1, 0.15) is 54.6 Å². The number of nitrogens with zero attached hydrogens (tertiary/aromatic N) is 1. The summed E-state index contributed by atoms with van der Waals surface area (Å²) in [5.74, 6) is 1.59. The first-order valence-electron chi connectivity index (χ1n) is 9.64. The van der Waals surface area contributed by atoms with E-state index in [0.717, 1.165) is 36.1 Å². The second-order valence-corrected chi connectivity index (χ2v) is 7.80. The molecular formula is C23H27NO3S. The van der Waals surface area contributed by atoms with Gasteiger partial charge >= 0.3 is 0 Å². The van der Waals surface area contributed by atoms with E-state index in [1.54, 1.807) is 23.9 Å². The largest absolute Gasteiger partial charge is 0.507 e. The van der Waals surface area contributed by atoms with Crippen molar-refractivity contribution in [1.82, 2.24) is 0 Å². The number of phenolic OH excluding ortho intramolecular Hbond substituents is 1. The number of aromatic hydroxyl groups is 1. The molecule has 0 aromatic heterocycles. The number of unbranched alkanes of at least 4 members (excludes halogenated alkanes) is 1. The number of Topliss-reactive ketones (excluding diaryl/α,β-unsaturated/α-hetero) is 1. The van der Waals surface area contributed by atoms with Crippen molar-refractivity contribution < 1.29 is 14.6 Å². The molecule has 0 bridgehead atoms. The van der Waals surface area contributed by atoms with Crippen molar-refractivity contribution in [2.75, 3.05) is 12.4 Å². The van der Waals surface area contributed by atoms with Crippen LogP contribution in [-0.4, -0.2) is 23.2 Å². The lowest BCUT2D eigenvalue weighted by Gasteiger charge is -2.14. The van der Waals surface area contributed by atoms with E-state index in [-0.39, 0.29) is 11.5 Å². The van der Waals surface area contributed by atoms with Crippen molar-refractivity contribution in [1.29, 1.82) is 5.26 Å². The van der Waals surface area contributed by atoms with E-state index in [1.165, 1.54) is 11.8 Å². The Hall–Kier alpha value is -2.45. The van der Waals surface area contributed by atoms with Crippen LogP contribution in [0.2, 0.25) is 0 Å². The van der Waals surface area contributed by atoms with Gasteiger partial charge in [-0.2, -0.15) is 5.26 Å². The minimum Gasteiger partial charge on any atom is -0.507 e. The molecule has 0 atom stereocenters. The van der Waals surface area contributed by atoms with Gasteiger partial charge in [-0.1, -0.05) is 25.5 Å². The molecular weight excluding hydrogens is 370 g/mol. The lowest BCUT2D eigenvalue weighted by atomic mass is 10.0. The number of hydrogen-bond acceptors (Lipinski definition) is 5. The quantitative estimate of drug-likeness (QED) is 0.305. The molecule has 0 aliphatic carbocycles. The molecule has 0 spiro atoms. The van der Waals surface area contributed by atoms with Gasteiger partial charge in [-0.05, 0) is 61.8 Å². The second-order valence-electron chi connectivity index (χ2n) is 6.63. The molecule has 0 aliphatic rings. The minimum atomic E-state index is -0.140. The first-order chi connectivity index (χ1) is 13.6. The molecule has 0 radical (unpaired) electrons. The van der Waals surface area contributed by atoms with Gasteiger partial charge in [0.2, 0.25) is 0 Å². The van der Waals surface area contributed by atoms with Gasteiger partial charge in [-0.3, -0.25) is 4.79 Å². The standard InChI is InChI=1S/C23H27NO3S/c1-3-6-21-22(12-11-20(17(2)25)23(21)26)27-15-4-5-16-28-19-9-7-18(8-10-19)13-14-24/h7-12,26H,3-6,13,15-16H2,1-2H3. The third kappa shape index (κ3) is 6.31. The molecule has 0 unspecified atom stereocenters.